The first-order chi connectivity index (χ1) is 15.3. The van der Waals surface area contributed by atoms with Gasteiger partial charge in [0, 0.05) is 17.3 Å². The molecule has 0 unspecified atom stereocenters. The topological polar surface area (TPSA) is 58.6 Å². The molecule has 0 saturated heterocycles. The Morgan fingerprint density at radius 2 is 1.66 bits per heavy atom. The minimum atomic E-state index is -0.888. The molecule has 0 fully saturated rings. The van der Waals surface area contributed by atoms with E-state index in [1.165, 1.54) is 7.11 Å². The number of benzene rings is 3. The summed E-state index contributed by atoms with van der Waals surface area (Å²) in [7, 11) is 1.45. The highest BCUT2D eigenvalue weighted by atomic mass is 19.1. The van der Waals surface area contributed by atoms with E-state index in [9.17, 15) is 18.4 Å². The molecule has 32 heavy (non-hydrogen) atoms. The number of anilines is 2. The van der Waals surface area contributed by atoms with Gasteiger partial charge in [-0.05, 0) is 49.2 Å². The molecule has 0 spiro atoms. The Labute approximate surface area is 183 Å². The van der Waals surface area contributed by atoms with Crippen molar-refractivity contribution in [3.8, 4) is 5.75 Å². The van der Waals surface area contributed by atoms with Gasteiger partial charge in [0.25, 0.3) is 11.8 Å². The quantitative estimate of drug-likeness (QED) is 0.575. The molecule has 0 radical (unpaired) electrons. The number of ether oxygens (including phenoxy) is 1. The van der Waals surface area contributed by atoms with Gasteiger partial charge in [0.05, 0.1) is 18.4 Å². The van der Waals surface area contributed by atoms with E-state index in [0.29, 0.717) is 21.9 Å². The van der Waals surface area contributed by atoms with Gasteiger partial charge in [0.15, 0.2) is 0 Å². The number of methoxy groups -OCH3 is 1. The standard InChI is InChI=1S/C25H20F2N2O3/c1-14-7-6-9-19(15(14)2)28-23-22(17-8-4-5-10-21(17)32-3)24(30)29(25(23)31)20-13-16(26)11-12-18(20)27/h4-13,28H,1-3H3. The number of aryl methyl sites for hydroxylation is 1. The summed E-state index contributed by atoms with van der Waals surface area (Å²) < 4.78 is 33.8. The van der Waals surface area contributed by atoms with E-state index in [0.717, 1.165) is 29.3 Å². The zero-order valence-corrected chi connectivity index (χ0v) is 17.7. The molecule has 3 aromatic rings. The number of hydrogen-bond acceptors (Lipinski definition) is 4. The molecule has 4 rings (SSSR count). The van der Waals surface area contributed by atoms with Crippen LogP contribution in [0.3, 0.4) is 0 Å². The molecular weight excluding hydrogens is 414 g/mol. The molecule has 0 aromatic heterocycles. The van der Waals surface area contributed by atoms with Crippen molar-refractivity contribution in [2.45, 2.75) is 13.8 Å². The van der Waals surface area contributed by atoms with Gasteiger partial charge in [-0.15, -0.1) is 0 Å². The number of amides is 2. The summed E-state index contributed by atoms with van der Waals surface area (Å²) in [6.45, 7) is 3.80. The lowest BCUT2D eigenvalue weighted by Crippen LogP contribution is -2.33. The van der Waals surface area contributed by atoms with E-state index in [1.54, 1.807) is 30.3 Å². The first kappa shape index (κ1) is 21.2. The predicted octanol–water partition coefficient (Wildman–Crippen LogP) is 4.99. The summed E-state index contributed by atoms with van der Waals surface area (Å²) in [6, 6.07) is 14.9. The fourth-order valence-corrected chi connectivity index (χ4v) is 3.64. The van der Waals surface area contributed by atoms with Crippen LogP contribution in [0.5, 0.6) is 5.75 Å². The third kappa shape index (κ3) is 3.51. The number of carbonyl (C=O) groups is 2. The smallest absolute Gasteiger partial charge is 0.282 e. The summed E-state index contributed by atoms with van der Waals surface area (Å²) in [6.07, 6.45) is 0. The number of nitrogens with zero attached hydrogens (tertiary/aromatic N) is 1. The molecule has 1 N–H and O–H groups in total. The lowest BCUT2D eigenvalue weighted by molar-refractivity contribution is -0.120. The van der Waals surface area contributed by atoms with Crippen LogP contribution < -0.4 is 15.0 Å². The van der Waals surface area contributed by atoms with E-state index in [2.05, 4.69) is 5.32 Å². The lowest BCUT2D eigenvalue weighted by Gasteiger charge is -2.17. The highest BCUT2D eigenvalue weighted by Crippen LogP contribution is 2.38. The largest absolute Gasteiger partial charge is 0.496 e. The molecule has 5 nitrogen and oxygen atoms in total. The molecule has 1 aliphatic rings. The number of carbonyl (C=O) groups excluding carboxylic acids is 2. The van der Waals surface area contributed by atoms with Crippen LogP contribution in [-0.2, 0) is 9.59 Å². The monoisotopic (exact) mass is 434 g/mol. The van der Waals surface area contributed by atoms with Crippen LogP contribution in [-0.4, -0.2) is 18.9 Å². The Bertz CT molecular complexity index is 1280. The molecule has 1 aliphatic heterocycles. The van der Waals surface area contributed by atoms with Gasteiger partial charge in [0.2, 0.25) is 0 Å². The van der Waals surface area contributed by atoms with Crippen molar-refractivity contribution < 1.29 is 23.1 Å². The van der Waals surface area contributed by atoms with Gasteiger partial charge in [-0.1, -0.05) is 30.3 Å². The zero-order valence-electron chi connectivity index (χ0n) is 17.7. The fraction of sp³-hybridized carbons (Fsp3) is 0.120. The van der Waals surface area contributed by atoms with E-state index in [4.69, 9.17) is 4.74 Å². The molecule has 3 aromatic carbocycles. The van der Waals surface area contributed by atoms with Gasteiger partial charge in [0.1, 0.15) is 23.1 Å². The Morgan fingerprint density at radius 3 is 2.41 bits per heavy atom. The maximum absolute atomic E-state index is 14.5. The van der Waals surface area contributed by atoms with Crippen molar-refractivity contribution in [3.63, 3.8) is 0 Å². The predicted molar refractivity (Wildman–Crippen MR) is 118 cm³/mol. The molecule has 0 saturated carbocycles. The number of hydrogen-bond donors (Lipinski definition) is 1. The molecule has 162 valence electrons. The number of rotatable bonds is 5. The van der Waals surface area contributed by atoms with Crippen molar-refractivity contribution >= 4 is 28.8 Å². The third-order valence-electron chi connectivity index (χ3n) is 5.47. The number of imide groups is 1. The second kappa shape index (κ2) is 8.26. The van der Waals surface area contributed by atoms with Crippen molar-refractivity contribution in [1.29, 1.82) is 0 Å². The summed E-state index contributed by atoms with van der Waals surface area (Å²) in [5.74, 6) is -2.86. The van der Waals surface area contributed by atoms with Crippen LogP contribution in [0.25, 0.3) is 5.57 Å². The Morgan fingerprint density at radius 1 is 0.906 bits per heavy atom. The van der Waals surface area contributed by atoms with Crippen LogP contribution in [0.1, 0.15) is 16.7 Å². The molecule has 7 heteroatoms. The summed E-state index contributed by atoms with van der Waals surface area (Å²) in [4.78, 5) is 27.5. The number of para-hydroxylation sites is 1. The maximum atomic E-state index is 14.5. The Kier molecular flexibility index (Phi) is 5.48. The van der Waals surface area contributed by atoms with Crippen LogP contribution in [0, 0.1) is 25.5 Å². The summed E-state index contributed by atoms with van der Waals surface area (Å²) >= 11 is 0. The normalized spacial score (nSPS) is 13.7. The second-order valence-electron chi connectivity index (χ2n) is 7.36. The fourth-order valence-electron chi connectivity index (χ4n) is 3.64. The maximum Gasteiger partial charge on any atom is 0.282 e. The van der Waals surface area contributed by atoms with Crippen LogP contribution in [0.4, 0.5) is 20.2 Å². The van der Waals surface area contributed by atoms with Gasteiger partial charge >= 0.3 is 0 Å². The van der Waals surface area contributed by atoms with E-state index in [1.807, 2.05) is 26.0 Å². The summed E-state index contributed by atoms with van der Waals surface area (Å²) in [5, 5.41) is 3.06. The molecular formula is C25H20F2N2O3. The SMILES string of the molecule is COc1ccccc1C1=C(Nc2cccc(C)c2C)C(=O)N(c2cc(F)ccc2F)C1=O. The molecule has 0 bridgehead atoms. The number of halogens is 2. The third-order valence-corrected chi connectivity index (χ3v) is 5.47. The Hall–Kier alpha value is -4.00. The van der Waals surface area contributed by atoms with Crippen molar-refractivity contribution in [3.05, 3.63) is 94.7 Å². The highest BCUT2D eigenvalue weighted by Gasteiger charge is 2.42. The van der Waals surface area contributed by atoms with Gasteiger partial charge < -0.3 is 10.1 Å². The van der Waals surface area contributed by atoms with Crippen molar-refractivity contribution in [2.75, 3.05) is 17.3 Å². The van der Waals surface area contributed by atoms with E-state index < -0.39 is 29.1 Å². The van der Waals surface area contributed by atoms with E-state index in [-0.39, 0.29) is 11.3 Å². The average Bonchev–Trinajstić information content (AvgIpc) is 3.02. The van der Waals surface area contributed by atoms with Crippen molar-refractivity contribution in [2.24, 2.45) is 0 Å². The summed E-state index contributed by atoms with van der Waals surface area (Å²) in [5.41, 5.74) is 2.36. The number of nitrogens with one attached hydrogen (secondary N) is 1. The van der Waals surface area contributed by atoms with Gasteiger partial charge in [-0.2, -0.15) is 0 Å². The molecule has 0 aliphatic carbocycles. The minimum Gasteiger partial charge on any atom is -0.496 e. The van der Waals surface area contributed by atoms with Crippen LogP contribution >= 0.6 is 0 Å². The van der Waals surface area contributed by atoms with E-state index >= 15 is 0 Å². The van der Waals surface area contributed by atoms with Gasteiger partial charge in [-0.25, -0.2) is 13.7 Å². The molecule has 2 amide bonds. The first-order valence-corrected chi connectivity index (χ1v) is 9.88. The lowest BCUT2D eigenvalue weighted by atomic mass is 10.0. The molecule has 0 atom stereocenters. The minimum absolute atomic E-state index is 0.0111. The second-order valence-corrected chi connectivity index (χ2v) is 7.36. The van der Waals surface area contributed by atoms with Crippen LogP contribution in [0.2, 0.25) is 0 Å². The van der Waals surface area contributed by atoms with Crippen LogP contribution in [0.15, 0.2) is 66.4 Å². The zero-order chi connectivity index (χ0) is 23.0. The first-order valence-electron chi connectivity index (χ1n) is 9.88. The average molecular weight is 434 g/mol. The van der Waals surface area contributed by atoms with Gasteiger partial charge in [-0.3, -0.25) is 9.59 Å². The Balaban J connectivity index is 1.92. The van der Waals surface area contributed by atoms with Crippen molar-refractivity contribution in [1.82, 2.24) is 0 Å². The molecule has 1 heterocycles. The highest BCUT2D eigenvalue weighted by molar-refractivity contribution is 6.46.